The molecule has 0 fully saturated rings. The zero-order valence-corrected chi connectivity index (χ0v) is 10.2. The highest BCUT2D eigenvalue weighted by atomic mass is 16.5. The second kappa shape index (κ2) is 6.05. The monoisotopic (exact) mass is 200 g/mol. The molecule has 0 aromatic heterocycles. The summed E-state index contributed by atoms with van der Waals surface area (Å²) in [7, 11) is 0. The molecule has 1 unspecified atom stereocenters. The van der Waals surface area contributed by atoms with Crippen LogP contribution in [0.1, 0.15) is 53.9 Å². The molecule has 0 aromatic rings. The largest absolute Gasteiger partial charge is 0.466 e. The molecule has 1 atom stereocenters. The van der Waals surface area contributed by atoms with Crippen molar-refractivity contribution in [2.24, 2.45) is 11.3 Å². The molecule has 0 aromatic carbocycles. The van der Waals surface area contributed by atoms with E-state index in [0.29, 0.717) is 12.5 Å². The molecule has 0 saturated heterocycles. The summed E-state index contributed by atoms with van der Waals surface area (Å²) in [5.74, 6) is 0.307. The van der Waals surface area contributed by atoms with Gasteiger partial charge in [0.2, 0.25) is 0 Å². The molecule has 2 nitrogen and oxygen atoms in total. The van der Waals surface area contributed by atoms with Gasteiger partial charge in [-0.05, 0) is 17.8 Å². The smallest absolute Gasteiger partial charge is 0.302 e. The van der Waals surface area contributed by atoms with Gasteiger partial charge in [0, 0.05) is 6.92 Å². The van der Waals surface area contributed by atoms with Crippen LogP contribution in [0.5, 0.6) is 0 Å². The summed E-state index contributed by atoms with van der Waals surface area (Å²) >= 11 is 0. The molecule has 0 aliphatic carbocycles. The maximum absolute atomic E-state index is 10.7. The van der Waals surface area contributed by atoms with Crippen molar-refractivity contribution >= 4 is 5.97 Å². The first-order valence-electron chi connectivity index (χ1n) is 5.51. The van der Waals surface area contributed by atoms with E-state index < -0.39 is 0 Å². The molecule has 0 aliphatic rings. The molecule has 0 bridgehead atoms. The zero-order valence-electron chi connectivity index (χ0n) is 10.2. The zero-order chi connectivity index (χ0) is 11.2. The third-order valence-electron chi connectivity index (χ3n) is 2.62. The van der Waals surface area contributed by atoms with Crippen LogP contribution in [0.2, 0.25) is 0 Å². The van der Waals surface area contributed by atoms with E-state index in [1.54, 1.807) is 0 Å². The fourth-order valence-electron chi connectivity index (χ4n) is 1.43. The fourth-order valence-corrected chi connectivity index (χ4v) is 1.43. The Morgan fingerprint density at radius 1 is 1.36 bits per heavy atom. The normalized spacial score (nSPS) is 13.8. The van der Waals surface area contributed by atoms with Crippen LogP contribution in [0, 0.1) is 11.3 Å². The van der Waals surface area contributed by atoms with Crippen molar-refractivity contribution in [3.05, 3.63) is 0 Å². The molecule has 14 heavy (non-hydrogen) atoms. The number of ether oxygens (including phenoxy) is 1. The minimum absolute atomic E-state index is 0.171. The van der Waals surface area contributed by atoms with Crippen LogP contribution >= 0.6 is 0 Å². The average molecular weight is 200 g/mol. The Labute approximate surface area is 88.0 Å². The highest BCUT2D eigenvalue weighted by molar-refractivity contribution is 5.65. The van der Waals surface area contributed by atoms with E-state index in [4.69, 9.17) is 4.74 Å². The molecule has 0 heterocycles. The van der Waals surface area contributed by atoms with E-state index in [1.165, 1.54) is 19.8 Å². The first kappa shape index (κ1) is 13.5. The number of carbonyl (C=O) groups is 1. The van der Waals surface area contributed by atoms with Gasteiger partial charge in [0.25, 0.3) is 0 Å². The average Bonchev–Trinajstić information content (AvgIpc) is 2.01. The summed E-state index contributed by atoms with van der Waals surface area (Å²) in [5, 5.41) is 0. The lowest BCUT2D eigenvalue weighted by Gasteiger charge is -2.30. The Balaban J connectivity index is 4.04. The van der Waals surface area contributed by atoms with E-state index in [1.807, 2.05) is 0 Å². The van der Waals surface area contributed by atoms with Crippen molar-refractivity contribution in [3.8, 4) is 0 Å². The molecule has 0 rings (SSSR count). The number of rotatable bonds is 5. The van der Waals surface area contributed by atoms with Gasteiger partial charge in [0.05, 0.1) is 6.61 Å². The molecule has 0 spiro atoms. The Hall–Kier alpha value is -0.530. The minimum Gasteiger partial charge on any atom is -0.466 e. The standard InChI is InChI=1S/C12H24O2/c1-6-7-8-11(12(3,4)5)9-14-10(2)13/h11H,6-9H2,1-5H3. The van der Waals surface area contributed by atoms with Gasteiger partial charge < -0.3 is 4.74 Å². The Morgan fingerprint density at radius 3 is 2.29 bits per heavy atom. The highest BCUT2D eigenvalue weighted by Crippen LogP contribution is 2.30. The fraction of sp³-hybridized carbons (Fsp3) is 0.917. The van der Waals surface area contributed by atoms with Crippen molar-refractivity contribution in [1.29, 1.82) is 0 Å². The summed E-state index contributed by atoms with van der Waals surface area (Å²) in [6.45, 7) is 10.8. The minimum atomic E-state index is -0.171. The molecule has 0 radical (unpaired) electrons. The van der Waals surface area contributed by atoms with Crippen LogP contribution < -0.4 is 0 Å². The second-order valence-corrected chi connectivity index (χ2v) is 5.01. The molecule has 0 N–H and O–H groups in total. The summed E-state index contributed by atoms with van der Waals surface area (Å²) in [6, 6.07) is 0. The Kier molecular flexibility index (Phi) is 5.82. The Bertz CT molecular complexity index is 168. The molecule has 84 valence electrons. The number of hydrogen-bond acceptors (Lipinski definition) is 2. The van der Waals surface area contributed by atoms with Gasteiger partial charge in [0.1, 0.15) is 0 Å². The first-order valence-corrected chi connectivity index (χ1v) is 5.51. The molecular weight excluding hydrogens is 176 g/mol. The van der Waals surface area contributed by atoms with Gasteiger partial charge in [-0.15, -0.1) is 0 Å². The van der Waals surface area contributed by atoms with Gasteiger partial charge >= 0.3 is 5.97 Å². The molecule has 2 heteroatoms. The van der Waals surface area contributed by atoms with Crippen molar-refractivity contribution in [3.63, 3.8) is 0 Å². The van der Waals surface area contributed by atoms with Gasteiger partial charge in [0.15, 0.2) is 0 Å². The predicted octanol–water partition coefficient (Wildman–Crippen LogP) is 3.40. The van der Waals surface area contributed by atoms with E-state index in [0.717, 1.165) is 6.42 Å². The lowest BCUT2D eigenvalue weighted by Crippen LogP contribution is -2.26. The van der Waals surface area contributed by atoms with Gasteiger partial charge in [-0.3, -0.25) is 4.79 Å². The summed E-state index contributed by atoms with van der Waals surface area (Å²) in [5.41, 5.74) is 0.227. The number of carbonyl (C=O) groups excluding carboxylic acids is 1. The summed E-state index contributed by atoms with van der Waals surface area (Å²) in [4.78, 5) is 10.7. The van der Waals surface area contributed by atoms with Crippen molar-refractivity contribution < 1.29 is 9.53 Å². The van der Waals surface area contributed by atoms with Crippen molar-refractivity contribution in [2.75, 3.05) is 6.61 Å². The SMILES string of the molecule is CCCCC(COC(C)=O)C(C)(C)C. The maximum atomic E-state index is 10.7. The molecule has 0 amide bonds. The van der Waals surface area contributed by atoms with Gasteiger partial charge in [-0.1, -0.05) is 40.5 Å². The van der Waals surface area contributed by atoms with Crippen molar-refractivity contribution in [1.82, 2.24) is 0 Å². The lowest BCUT2D eigenvalue weighted by atomic mass is 9.78. The summed E-state index contributed by atoms with van der Waals surface area (Å²) < 4.78 is 5.09. The number of hydrogen-bond donors (Lipinski definition) is 0. The van der Waals surface area contributed by atoms with E-state index in [2.05, 4.69) is 27.7 Å². The van der Waals surface area contributed by atoms with E-state index in [9.17, 15) is 4.79 Å². The predicted molar refractivity (Wildman–Crippen MR) is 59.1 cm³/mol. The Morgan fingerprint density at radius 2 is 1.93 bits per heavy atom. The van der Waals surface area contributed by atoms with Crippen molar-refractivity contribution in [2.45, 2.75) is 53.9 Å². The number of esters is 1. The van der Waals surface area contributed by atoms with E-state index in [-0.39, 0.29) is 11.4 Å². The van der Waals surface area contributed by atoms with E-state index >= 15 is 0 Å². The number of unbranched alkanes of at least 4 members (excludes halogenated alkanes) is 1. The molecular formula is C12H24O2. The van der Waals surface area contributed by atoms with Crippen LogP contribution in [0.4, 0.5) is 0 Å². The first-order chi connectivity index (χ1) is 6.38. The second-order valence-electron chi connectivity index (χ2n) is 5.01. The molecule has 0 aliphatic heterocycles. The quantitative estimate of drug-likeness (QED) is 0.636. The van der Waals surface area contributed by atoms with Crippen LogP contribution in [0.3, 0.4) is 0 Å². The topological polar surface area (TPSA) is 26.3 Å². The third-order valence-corrected chi connectivity index (χ3v) is 2.62. The van der Waals surface area contributed by atoms with Crippen LogP contribution in [-0.4, -0.2) is 12.6 Å². The third kappa shape index (κ3) is 6.01. The van der Waals surface area contributed by atoms with Crippen LogP contribution in [0.25, 0.3) is 0 Å². The summed E-state index contributed by atoms with van der Waals surface area (Å²) in [6.07, 6.45) is 3.56. The lowest BCUT2D eigenvalue weighted by molar-refractivity contribution is -0.143. The van der Waals surface area contributed by atoms with Gasteiger partial charge in [-0.25, -0.2) is 0 Å². The van der Waals surface area contributed by atoms with Gasteiger partial charge in [-0.2, -0.15) is 0 Å². The van der Waals surface area contributed by atoms with Crippen LogP contribution in [0.15, 0.2) is 0 Å². The van der Waals surface area contributed by atoms with Crippen LogP contribution in [-0.2, 0) is 9.53 Å². The highest BCUT2D eigenvalue weighted by Gasteiger charge is 2.24. The molecule has 0 saturated carbocycles. The maximum Gasteiger partial charge on any atom is 0.302 e.